The van der Waals surface area contributed by atoms with E-state index < -0.39 is 36.2 Å². The van der Waals surface area contributed by atoms with Crippen LogP contribution in [0.1, 0.15) is 26.3 Å². The smallest absolute Gasteiger partial charge is 0.220 e. The van der Waals surface area contributed by atoms with Crippen LogP contribution in [0.4, 0.5) is 0 Å². The maximum absolute atomic E-state index is 6.38. The second-order valence-corrected chi connectivity index (χ2v) is 7.17. The molecule has 152 valence electrons. The van der Waals surface area contributed by atoms with Crippen LogP contribution in [0.2, 0.25) is 0 Å². The molecule has 0 radical (unpaired) electrons. The molecular weight excluding hydrogens is 352 g/mol. The van der Waals surface area contributed by atoms with Gasteiger partial charge in [0.05, 0.1) is 12.7 Å². The predicted molar refractivity (Wildman–Crippen MR) is 96.9 cm³/mol. The zero-order valence-corrected chi connectivity index (χ0v) is 16.8. The molecule has 1 aromatic carbocycles. The molecule has 2 aliphatic rings. The molecule has 2 aliphatic heterocycles. The van der Waals surface area contributed by atoms with E-state index in [0.29, 0.717) is 6.61 Å². The number of benzene rings is 1. The van der Waals surface area contributed by atoms with E-state index in [1.54, 1.807) is 35.2 Å². The Morgan fingerprint density at radius 1 is 0.926 bits per heavy atom. The van der Waals surface area contributed by atoms with Crippen LogP contribution in [0.15, 0.2) is 30.3 Å². The van der Waals surface area contributed by atoms with Gasteiger partial charge in [0.25, 0.3) is 0 Å². The Bertz CT molecular complexity index is 612. The number of hydrogen-bond donors (Lipinski definition) is 0. The van der Waals surface area contributed by atoms with Crippen LogP contribution >= 0.6 is 0 Å². The van der Waals surface area contributed by atoms with E-state index in [2.05, 4.69) is 0 Å². The molecule has 7 atom stereocenters. The van der Waals surface area contributed by atoms with Crippen molar-refractivity contribution in [1.82, 2.24) is 0 Å². The highest BCUT2D eigenvalue weighted by molar-refractivity contribution is 5.13. The van der Waals surface area contributed by atoms with E-state index in [-0.39, 0.29) is 6.10 Å². The molecule has 7 heteroatoms. The van der Waals surface area contributed by atoms with Crippen molar-refractivity contribution in [2.75, 3.05) is 21.3 Å². The van der Waals surface area contributed by atoms with E-state index in [9.17, 15) is 0 Å². The first-order chi connectivity index (χ1) is 12.9. The van der Waals surface area contributed by atoms with E-state index in [1.807, 2.05) is 37.3 Å². The molecule has 1 aromatic rings. The van der Waals surface area contributed by atoms with Gasteiger partial charge in [-0.15, -0.1) is 0 Å². The first-order valence-electron chi connectivity index (χ1n) is 9.17. The van der Waals surface area contributed by atoms with Gasteiger partial charge in [0.1, 0.15) is 18.3 Å². The molecule has 3 rings (SSSR count). The van der Waals surface area contributed by atoms with Crippen LogP contribution in [-0.2, 0) is 39.8 Å². The van der Waals surface area contributed by atoms with E-state index >= 15 is 0 Å². The topological polar surface area (TPSA) is 64.6 Å². The fourth-order valence-corrected chi connectivity index (χ4v) is 3.60. The zero-order chi connectivity index (χ0) is 19.7. The van der Waals surface area contributed by atoms with Gasteiger partial charge >= 0.3 is 0 Å². The molecule has 7 nitrogen and oxygen atoms in total. The zero-order valence-electron chi connectivity index (χ0n) is 16.8. The lowest BCUT2D eigenvalue weighted by Gasteiger charge is -2.56. The summed E-state index contributed by atoms with van der Waals surface area (Å²) in [5, 5.41) is 0. The normalized spacial score (nSPS) is 41.9. The van der Waals surface area contributed by atoms with Crippen molar-refractivity contribution >= 4 is 0 Å². The molecule has 2 fully saturated rings. The Balaban J connectivity index is 1.85. The summed E-state index contributed by atoms with van der Waals surface area (Å²) < 4.78 is 41.6. The minimum Gasteiger partial charge on any atom is -0.365 e. The summed E-state index contributed by atoms with van der Waals surface area (Å²) in [5.74, 6) is -2.21. The van der Waals surface area contributed by atoms with Gasteiger partial charge in [0.2, 0.25) is 11.6 Å². The van der Waals surface area contributed by atoms with Crippen molar-refractivity contribution < 1.29 is 33.2 Å². The van der Waals surface area contributed by atoms with Crippen molar-refractivity contribution in [2.45, 2.75) is 69.7 Å². The third-order valence-corrected chi connectivity index (χ3v) is 5.57. The van der Waals surface area contributed by atoms with Crippen molar-refractivity contribution in [2.24, 2.45) is 0 Å². The highest BCUT2D eigenvalue weighted by atomic mass is 16.8. The van der Waals surface area contributed by atoms with Gasteiger partial charge in [0.15, 0.2) is 6.29 Å². The predicted octanol–water partition coefficient (Wildman–Crippen LogP) is 2.47. The maximum Gasteiger partial charge on any atom is 0.220 e. The molecule has 0 N–H and O–H groups in total. The van der Waals surface area contributed by atoms with Crippen molar-refractivity contribution in [3.8, 4) is 0 Å². The summed E-state index contributed by atoms with van der Waals surface area (Å²) in [5.41, 5.74) is 1.05. The largest absolute Gasteiger partial charge is 0.365 e. The summed E-state index contributed by atoms with van der Waals surface area (Å²) in [6.07, 6.45) is -2.19. The number of rotatable bonds is 6. The molecule has 1 unspecified atom stereocenters. The third kappa shape index (κ3) is 3.78. The summed E-state index contributed by atoms with van der Waals surface area (Å²) in [6, 6.07) is 9.93. The Hall–Kier alpha value is -1.06. The van der Waals surface area contributed by atoms with Crippen molar-refractivity contribution in [1.29, 1.82) is 0 Å². The van der Waals surface area contributed by atoms with Crippen LogP contribution in [-0.4, -0.2) is 63.6 Å². The van der Waals surface area contributed by atoms with Gasteiger partial charge in [-0.05, 0) is 26.3 Å². The standard InChI is InChI=1S/C20H30O7/c1-13-15-16(27-20(3,23-6)19(2,22-5)26-15)17(18(21-4)25-13)24-12-14-10-8-7-9-11-14/h7-11,13,15-18H,12H2,1-6H3/t13-,15-,16?,17+,18+,19+,20+/m1/s1. The van der Waals surface area contributed by atoms with Crippen LogP contribution in [0, 0.1) is 0 Å². The van der Waals surface area contributed by atoms with Gasteiger partial charge in [-0.3, -0.25) is 0 Å². The monoisotopic (exact) mass is 382 g/mol. The van der Waals surface area contributed by atoms with Gasteiger partial charge in [0, 0.05) is 21.3 Å². The van der Waals surface area contributed by atoms with Gasteiger partial charge in [-0.25, -0.2) is 0 Å². The van der Waals surface area contributed by atoms with Crippen LogP contribution < -0.4 is 0 Å². The molecule has 2 heterocycles. The Kier molecular flexibility index (Phi) is 6.22. The van der Waals surface area contributed by atoms with E-state index in [4.69, 9.17) is 33.2 Å². The minimum atomic E-state index is -1.12. The lowest BCUT2D eigenvalue weighted by Crippen LogP contribution is -2.72. The van der Waals surface area contributed by atoms with Crippen molar-refractivity contribution in [3.05, 3.63) is 35.9 Å². The molecule has 0 saturated carbocycles. The number of ether oxygens (including phenoxy) is 7. The second-order valence-electron chi connectivity index (χ2n) is 7.17. The minimum absolute atomic E-state index is 0.271. The highest BCUT2D eigenvalue weighted by Gasteiger charge is 2.62. The first-order valence-corrected chi connectivity index (χ1v) is 9.17. The molecule has 0 amide bonds. The van der Waals surface area contributed by atoms with Crippen LogP contribution in [0.3, 0.4) is 0 Å². The SMILES string of the molecule is CO[C@H]1O[C@H](C)[C@H]2O[C@](C)(OC)[C@@](C)(OC)OC2[C@@H]1OCc1ccccc1. The number of hydrogen-bond acceptors (Lipinski definition) is 7. The molecular formula is C20H30O7. The van der Waals surface area contributed by atoms with E-state index in [0.717, 1.165) is 5.56 Å². The summed E-state index contributed by atoms with van der Waals surface area (Å²) in [6.45, 7) is 5.91. The molecule has 0 spiro atoms. The molecule has 2 saturated heterocycles. The fraction of sp³-hybridized carbons (Fsp3) is 0.700. The average molecular weight is 382 g/mol. The lowest BCUT2D eigenvalue weighted by molar-refractivity contribution is -0.479. The van der Waals surface area contributed by atoms with Gasteiger partial charge < -0.3 is 33.2 Å². The van der Waals surface area contributed by atoms with Gasteiger partial charge in [-0.1, -0.05) is 30.3 Å². The molecule has 0 bridgehead atoms. The second kappa shape index (κ2) is 8.13. The molecule has 0 aliphatic carbocycles. The Morgan fingerprint density at radius 3 is 2.07 bits per heavy atom. The van der Waals surface area contributed by atoms with Crippen LogP contribution in [0.5, 0.6) is 0 Å². The number of fused-ring (bicyclic) bond motifs is 1. The van der Waals surface area contributed by atoms with Gasteiger partial charge in [-0.2, -0.15) is 0 Å². The van der Waals surface area contributed by atoms with Crippen LogP contribution in [0.25, 0.3) is 0 Å². The Morgan fingerprint density at radius 2 is 1.52 bits per heavy atom. The number of methoxy groups -OCH3 is 3. The lowest BCUT2D eigenvalue weighted by atomic mass is 9.94. The quantitative estimate of drug-likeness (QED) is 0.749. The summed E-state index contributed by atoms with van der Waals surface area (Å²) >= 11 is 0. The Labute approximate surface area is 160 Å². The van der Waals surface area contributed by atoms with Crippen molar-refractivity contribution in [3.63, 3.8) is 0 Å². The molecule has 0 aromatic heterocycles. The maximum atomic E-state index is 6.38. The summed E-state index contributed by atoms with van der Waals surface area (Å²) in [4.78, 5) is 0. The van der Waals surface area contributed by atoms with E-state index in [1.165, 1.54) is 0 Å². The summed E-state index contributed by atoms with van der Waals surface area (Å²) in [7, 11) is 4.73. The third-order valence-electron chi connectivity index (χ3n) is 5.57. The highest BCUT2D eigenvalue weighted by Crippen LogP contribution is 2.44. The molecule has 27 heavy (non-hydrogen) atoms. The first kappa shape index (κ1) is 20.7. The fourth-order valence-electron chi connectivity index (χ4n) is 3.60. The average Bonchev–Trinajstić information content (AvgIpc) is 2.69.